The second-order valence-corrected chi connectivity index (χ2v) is 13.1. The smallest absolute Gasteiger partial charge is 0.164 e. The number of imidazole rings is 1. The van der Waals surface area contributed by atoms with Crippen LogP contribution in [0.25, 0.3) is 106 Å². The van der Waals surface area contributed by atoms with E-state index in [4.69, 9.17) is 28.8 Å². The summed E-state index contributed by atoms with van der Waals surface area (Å²) in [6, 6.07) is 55.1. The van der Waals surface area contributed by atoms with Crippen molar-refractivity contribution in [1.82, 2.24) is 24.5 Å². The van der Waals surface area contributed by atoms with Gasteiger partial charge in [-0.15, -0.1) is 0 Å². The quantitative estimate of drug-likeness (QED) is 0.180. The van der Waals surface area contributed by atoms with Crippen molar-refractivity contribution in [2.24, 2.45) is 0 Å². The van der Waals surface area contributed by atoms with Crippen molar-refractivity contribution in [3.8, 4) is 51.2 Å². The number of aromatic nitrogens is 5. The Morgan fingerprint density at radius 2 is 1.02 bits per heavy atom. The molecule has 7 nitrogen and oxygen atoms in total. The molecule has 0 aliphatic heterocycles. The topological polar surface area (TPSA) is 82.8 Å². The average Bonchev–Trinajstić information content (AvgIpc) is 3.92. The number of fused-ring (bicyclic) bond motifs is 7. The van der Waals surface area contributed by atoms with Crippen LogP contribution >= 0.6 is 0 Å². The molecular formula is C46H27N5O2. The monoisotopic (exact) mass is 681 g/mol. The van der Waals surface area contributed by atoms with Gasteiger partial charge in [0.25, 0.3) is 0 Å². The Labute approximate surface area is 302 Å². The van der Waals surface area contributed by atoms with E-state index >= 15 is 0 Å². The molecule has 0 N–H and O–H groups in total. The van der Waals surface area contributed by atoms with Gasteiger partial charge in [0.1, 0.15) is 28.2 Å². The summed E-state index contributed by atoms with van der Waals surface area (Å²) in [6.45, 7) is 0. The van der Waals surface area contributed by atoms with E-state index in [-0.39, 0.29) is 0 Å². The fraction of sp³-hybridized carbons (Fsp3) is 0. The van der Waals surface area contributed by atoms with Crippen LogP contribution < -0.4 is 0 Å². The molecular weight excluding hydrogens is 655 g/mol. The van der Waals surface area contributed by atoms with E-state index in [1.807, 2.05) is 103 Å². The molecule has 0 saturated carbocycles. The van der Waals surface area contributed by atoms with Gasteiger partial charge in [-0.1, -0.05) is 103 Å². The number of para-hydroxylation sites is 4. The van der Waals surface area contributed by atoms with Crippen LogP contribution in [0.1, 0.15) is 0 Å². The highest BCUT2D eigenvalue weighted by Gasteiger charge is 2.20. The molecule has 0 amide bonds. The van der Waals surface area contributed by atoms with Gasteiger partial charge >= 0.3 is 0 Å². The van der Waals surface area contributed by atoms with Gasteiger partial charge in [-0.05, 0) is 60.7 Å². The molecule has 4 heterocycles. The third-order valence-corrected chi connectivity index (χ3v) is 9.88. The van der Waals surface area contributed by atoms with Gasteiger partial charge in [0.05, 0.1) is 11.0 Å². The summed E-state index contributed by atoms with van der Waals surface area (Å²) < 4.78 is 15.0. The molecule has 0 saturated heterocycles. The number of rotatable bonds is 5. The Bertz CT molecular complexity index is 3180. The lowest BCUT2D eigenvalue weighted by Crippen LogP contribution is -2.00. The van der Waals surface area contributed by atoms with Crippen LogP contribution in [-0.4, -0.2) is 24.5 Å². The SMILES string of the molecule is c1ccc(-c2nc(-c3ccc4c(c3)oc3ccccc34)nc(-c3cccc4oc5cc(-c6nc7ccccc7n6-c6ccccc6)ccc5c34)n2)cc1. The molecule has 53 heavy (non-hydrogen) atoms. The number of nitrogens with zero attached hydrogens (tertiary/aromatic N) is 5. The molecule has 0 unspecified atom stereocenters. The summed E-state index contributed by atoms with van der Waals surface area (Å²) in [4.78, 5) is 20.3. The third-order valence-electron chi connectivity index (χ3n) is 9.88. The third kappa shape index (κ3) is 4.75. The normalized spacial score (nSPS) is 11.8. The minimum atomic E-state index is 0.557. The molecule has 0 bridgehead atoms. The van der Waals surface area contributed by atoms with Gasteiger partial charge in [-0.3, -0.25) is 4.57 Å². The number of hydrogen-bond acceptors (Lipinski definition) is 6. The van der Waals surface area contributed by atoms with Gasteiger partial charge < -0.3 is 8.83 Å². The lowest BCUT2D eigenvalue weighted by atomic mass is 10.0. The van der Waals surface area contributed by atoms with Crippen molar-refractivity contribution in [3.05, 3.63) is 164 Å². The largest absolute Gasteiger partial charge is 0.456 e. The predicted octanol–water partition coefficient (Wildman–Crippen LogP) is 11.7. The average molecular weight is 682 g/mol. The summed E-state index contributed by atoms with van der Waals surface area (Å²) in [5.74, 6) is 2.54. The lowest BCUT2D eigenvalue weighted by Gasteiger charge is -2.10. The molecule has 11 rings (SSSR count). The summed E-state index contributed by atoms with van der Waals surface area (Å²) >= 11 is 0. The van der Waals surface area contributed by atoms with Crippen molar-refractivity contribution in [1.29, 1.82) is 0 Å². The van der Waals surface area contributed by atoms with Crippen LogP contribution in [0.5, 0.6) is 0 Å². The zero-order valence-electron chi connectivity index (χ0n) is 28.1. The first kappa shape index (κ1) is 29.4. The van der Waals surface area contributed by atoms with E-state index in [0.29, 0.717) is 17.5 Å². The van der Waals surface area contributed by atoms with E-state index in [0.717, 1.165) is 88.7 Å². The van der Waals surface area contributed by atoms with Gasteiger partial charge in [0.2, 0.25) is 0 Å². The fourth-order valence-electron chi connectivity index (χ4n) is 7.42. The molecule has 0 aliphatic carbocycles. The van der Waals surface area contributed by atoms with Crippen molar-refractivity contribution >= 4 is 54.9 Å². The Hall–Kier alpha value is -7.38. The van der Waals surface area contributed by atoms with Gasteiger partial charge in [-0.2, -0.15) is 0 Å². The Balaban J connectivity index is 1.09. The number of benzene rings is 7. The van der Waals surface area contributed by atoms with Crippen molar-refractivity contribution in [2.75, 3.05) is 0 Å². The van der Waals surface area contributed by atoms with E-state index in [9.17, 15) is 0 Å². The zero-order chi connectivity index (χ0) is 34.9. The lowest BCUT2D eigenvalue weighted by molar-refractivity contribution is 0.668. The van der Waals surface area contributed by atoms with Crippen LogP contribution in [0.3, 0.4) is 0 Å². The molecule has 0 radical (unpaired) electrons. The Kier molecular flexibility index (Phi) is 6.42. The van der Waals surface area contributed by atoms with E-state index < -0.39 is 0 Å². The number of hydrogen-bond donors (Lipinski definition) is 0. The molecule has 0 atom stereocenters. The van der Waals surface area contributed by atoms with E-state index in [1.54, 1.807) is 0 Å². The predicted molar refractivity (Wildman–Crippen MR) is 211 cm³/mol. The Morgan fingerprint density at radius 1 is 0.396 bits per heavy atom. The molecule has 11 aromatic rings. The summed E-state index contributed by atoms with van der Waals surface area (Å²) in [7, 11) is 0. The first-order chi connectivity index (χ1) is 26.2. The molecule has 0 spiro atoms. The first-order valence-electron chi connectivity index (χ1n) is 17.5. The van der Waals surface area contributed by atoms with Crippen molar-refractivity contribution in [2.45, 2.75) is 0 Å². The fourth-order valence-corrected chi connectivity index (χ4v) is 7.42. The molecule has 7 aromatic carbocycles. The van der Waals surface area contributed by atoms with E-state index in [1.165, 1.54) is 0 Å². The highest BCUT2D eigenvalue weighted by molar-refractivity contribution is 6.12. The van der Waals surface area contributed by atoms with Crippen LogP contribution in [0.15, 0.2) is 173 Å². The van der Waals surface area contributed by atoms with Crippen LogP contribution in [0.4, 0.5) is 0 Å². The second-order valence-electron chi connectivity index (χ2n) is 13.1. The minimum absolute atomic E-state index is 0.557. The van der Waals surface area contributed by atoms with E-state index in [2.05, 4.69) is 65.2 Å². The highest BCUT2D eigenvalue weighted by Crippen LogP contribution is 2.39. The maximum atomic E-state index is 6.58. The van der Waals surface area contributed by atoms with Gasteiger partial charge in [0, 0.05) is 49.5 Å². The molecule has 4 aromatic heterocycles. The summed E-state index contributed by atoms with van der Waals surface area (Å²) in [5.41, 5.74) is 9.70. The van der Waals surface area contributed by atoms with Gasteiger partial charge in [-0.25, -0.2) is 19.9 Å². The molecule has 0 aliphatic rings. The van der Waals surface area contributed by atoms with Crippen LogP contribution in [-0.2, 0) is 0 Å². The highest BCUT2D eigenvalue weighted by atomic mass is 16.3. The molecule has 248 valence electrons. The summed E-state index contributed by atoms with van der Waals surface area (Å²) in [5, 5.41) is 4.03. The second kappa shape index (κ2) is 11.6. The maximum absolute atomic E-state index is 6.58. The minimum Gasteiger partial charge on any atom is -0.456 e. The number of furan rings is 2. The summed E-state index contributed by atoms with van der Waals surface area (Å²) in [6.07, 6.45) is 0. The van der Waals surface area contributed by atoms with Crippen LogP contribution in [0.2, 0.25) is 0 Å². The van der Waals surface area contributed by atoms with Crippen molar-refractivity contribution < 1.29 is 8.83 Å². The maximum Gasteiger partial charge on any atom is 0.164 e. The Morgan fingerprint density at radius 3 is 1.91 bits per heavy atom. The van der Waals surface area contributed by atoms with Crippen molar-refractivity contribution in [3.63, 3.8) is 0 Å². The molecule has 7 heteroatoms. The molecule has 0 fully saturated rings. The van der Waals surface area contributed by atoms with Crippen LogP contribution in [0, 0.1) is 0 Å². The van der Waals surface area contributed by atoms with Gasteiger partial charge in [0.15, 0.2) is 17.5 Å². The zero-order valence-corrected chi connectivity index (χ0v) is 28.1. The standard InChI is InChI=1S/C46H27N5O2/c1-3-12-28(13-4-1)43-48-44(29-22-24-33-32-16-7-10-20-38(32)52-40(33)26-29)50-45(49-43)35-17-11-21-39-42(35)34-25-23-30(27-41(34)53-39)46-47-36-18-8-9-19-37(36)51(46)31-14-5-2-6-15-31/h1-27H. The first-order valence-corrected chi connectivity index (χ1v) is 17.5.